The van der Waals surface area contributed by atoms with Crippen LogP contribution in [0.15, 0.2) is 36.4 Å². The zero-order chi connectivity index (χ0) is 26.2. The van der Waals surface area contributed by atoms with E-state index in [9.17, 15) is 14.4 Å². The predicted molar refractivity (Wildman–Crippen MR) is 140 cm³/mol. The van der Waals surface area contributed by atoms with E-state index in [0.717, 1.165) is 24.8 Å². The van der Waals surface area contributed by atoms with Gasteiger partial charge in [-0.2, -0.15) is 0 Å². The van der Waals surface area contributed by atoms with Gasteiger partial charge in [-0.25, -0.2) is 0 Å². The van der Waals surface area contributed by atoms with Crippen LogP contribution in [0, 0.1) is 24.7 Å². The molecule has 4 aliphatic rings. The number of nitrogens with one attached hydrogen (secondary N) is 2. The summed E-state index contributed by atoms with van der Waals surface area (Å²) in [6.45, 7) is 7.55. The molecule has 2 bridgehead atoms. The smallest absolute Gasteiger partial charge is 0.246 e. The minimum Gasteiger partial charge on any atom is -0.382 e. The van der Waals surface area contributed by atoms with Gasteiger partial charge in [-0.3, -0.25) is 14.4 Å². The van der Waals surface area contributed by atoms with E-state index in [1.54, 1.807) is 4.90 Å². The Hall–Kier alpha value is -2.71. The number of aryl methyl sites for hydroxylation is 1. The highest BCUT2D eigenvalue weighted by Gasteiger charge is 2.72. The van der Waals surface area contributed by atoms with Crippen LogP contribution in [0.3, 0.4) is 0 Å². The lowest BCUT2D eigenvalue weighted by atomic mass is 9.74. The average Bonchev–Trinajstić information content (AvgIpc) is 3.51. The molecule has 3 heterocycles. The third-order valence-electron chi connectivity index (χ3n) is 8.54. The second-order valence-corrected chi connectivity index (χ2v) is 11.0. The molecule has 3 aliphatic heterocycles. The Morgan fingerprint density at radius 2 is 2.03 bits per heavy atom. The lowest BCUT2D eigenvalue weighted by Crippen LogP contribution is -2.57. The van der Waals surface area contributed by atoms with Crippen LogP contribution in [0.4, 0.5) is 5.69 Å². The Labute approximate surface area is 219 Å². The molecule has 8 heteroatoms. The molecule has 1 aliphatic carbocycles. The van der Waals surface area contributed by atoms with Gasteiger partial charge in [0.25, 0.3) is 0 Å². The van der Waals surface area contributed by atoms with Crippen molar-refractivity contribution in [1.82, 2.24) is 10.2 Å². The minimum absolute atomic E-state index is 0.0834. The summed E-state index contributed by atoms with van der Waals surface area (Å²) >= 11 is 0. The molecule has 2 N–H and O–H groups in total. The van der Waals surface area contributed by atoms with Crippen molar-refractivity contribution in [3.63, 3.8) is 0 Å². The van der Waals surface area contributed by atoms with Crippen molar-refractivity contribution in [2.45, 2.75) is 76.7 Å². The molecule has 1 spiro atoms. The summed E-state index contributed by atoms with van der Waals surface area (Å²) in [5.74, 6) is -1.67. The Balaban J connectivity index is 1.41. The Morgan fingerprint density at radius 3 is 2.78 bits per heavy atom. The van der Waals surface area contributed by atoms with E-state index in [1.807, 2.05) is 50.3 Å². The first kappa shape index (κ1) is 25.9. The fraction of sp³-hybridized carbons (Fsp3) is 0.621. The van der Waals surface area contributed by atoms with Crippen molar-refractivity contribution in [3.8, 4) is 0 Å². The lowest BCUT2D eigenvalue weighted by molar-refractivity contribution is -0.141. The van der Waals surface area contributed by atoms with Crippen LogP contribution in [0.25, 0.3) is 0 Å². The second kappa shape index (κ2) is 10.6. The Kier molecular flexibility index (Phi) is 7.41. The molecular formula is C29H39N3O5. The molecule has 8 nitrogen and oxygen atoms in total. The van der Waals surface area contributed by atoms with Crippen LogP contribution in [-0.4, -0.2) is 66.2 Å². The maximum atomic E-state index is 13.9. The van der Waals surface area contributed by atoms with Gasteiger partial charge in [-0.05, 0) is 56.7 Å². The second-order valence-electron chi connectivity index (χ2n) is 11.0. The van der Waals surface area contributed by atoms with E-state index < -0.39 is 29.6 Å². The number of benzene rings is 1. The maximum Gasteiger partial charge on any atom is 0.246 e. The number of fused-ring (bicyclic) bond motifs is 1. The van der Waals surface area contributed by atoms with Crippen LogP contribution in [0.1, 0.15) is 51.5 Å². The number of rotatable bonds is 9. The van der Waals surface area contributed by atoms with Gasteiger partial charge in [0.2, 0.25) is 17.7 Å². The summed E-state index contributed by atoms with van der Waals surface area (Å²) in [6, 6.07) is 6.86. The fourth-order valence-corrected chi connectivity index (χ4v) is 6.73. The molecule has 1 aromatic rings. The average molecular weight is 510 g/mol. The molecular weight excluding hydrogens is 470 g/mol. The van der Waals surface area contributed by atoms with Crippen molar-refractivity contribution in [2.75, 3.05) is 25.1 Å². The topological polar surface area (TPSA) is 97.0 Å². The van der Waals surface area contributed by atoms with Gasteiger partial charge in [0.15, 0.2) is 0 Å². The highest BCUT2D eigenvalue weighted by Crippen LogP contribution is 2.55. The molecule has 0 aromatic heterocycles. The van der Waals surface area contributed by atoms with Crippen LogP contribution < -0.4 is 10.6 Å². The van der Waals surface area contributed by atoms with Gasteiger partial charge >= 0.3 is 0 Å². The molecule has 5 rings (SSSR count). The number of nitrogens with zero attached hydrogens (tertiary/aromatic N) is 1. The quantitative estimate of drug-likeness (QED) is 0.394. The first-order valence-corrected chi connectivity index (χ1v) is 13.8. The van der Waals surface area contributed by atoms with Crippen LogP contribution >= 0.6 is 0 Å². The number of likely N-dealkylation sites (tertiary alicyclic amines) is 1. The highest BCUT2D eigenvalue weighted by molar-refractivity contribution is 6.02. The van der Waals surface area contributed by atoms with E-state index in [-0.39, 0.29) is 23.8 Å². The number of hydrogen-bond acceptors (Lipinski definition) is 5. The fourth-order valence-electron chi connectivity index (χ4n) is 6.73. The van der Waals surface area contributed by atoms with Crippen molar-refractivity contribution in [2.24, 2.45) is 17.8 Å². The third-order valence-corrected chi connectivity index (χ3v) is 8.54. The lowest BCUT2D eigenvalue weighted by Gasteiger charge is -2.36. The monoisotopic (exact) mass is 509 g/mol. The van der Waals surface area contributed by atoms with Gasteiger partial charge in [-0.1, -0.05) is 44.1 Å². The molecule has 7 atom stereocenters. The Bertz CT molecular complexity index is 1070. The zero-order valence-electron chi connectivity index (χ0n) is 22.1. The normalized spacial score (nSPS) is 34.0. The molecule has 1 saturated carbocycles. The zero-order valence-corrected chi connectivity index (χ0v) is 22.1. The van der Waals surface area contributed by atoms with Crippen molar-refractivity contribution < 1.29 is 23.9 Å². The first-order chi connectivity index (χ1) is 17.9. The molecule has 0 unspecified atom stereocenters. The van der Waals surface area contributed by atoms with E-state index in [1.165, 1.54) is 6.42 Å². The SMILES string of the molecule is CCOCCCN1C(=O)[C@H]2[C@H](C(=O)Nc3cccc(C)c3)[C@H]3C=C[C@@]2(O3)[C@@H]1C(=O)N[C@@H]1CCCC[C@@H]1C. The number of carbonyl (C=O) groups is 3. The van der Waals surface area contributed by atoms with Crippen molar-refractivity contribution in [1.29, 1.82) is 0 Å². The van der Waals surface area contributed by atoms with E-state index in [2.05, 4.69) is 17.6 Å². The molecule has 2 saturated heterocycles. The van der Waals surface area contributed by atoms with Crippen LogP contribution in [0.2, 0.25) is 0 Å². The molecule has 1 aromatic carbocycles. The summed E-state index contributed by atoms with van der Waals surface area (Å²) < 4.78 is 11.9. The molecule has 200 valence electrons. The standard InChI is InChI=1S/C29H39N3O5/c1-4-36-16-8-15-32-25(27(34)31-21-12-6-5-10-19(21)3)29-14-13-22(37-29)23(24(29)28(32)35)26(33)30-20-11-7-9-18(2)17-20/h7,9,11,13-14,17,19,21-25H,4-6,8,10,12,15-16H2,1-3H3,(H,30,33)(H,31,34)/t19-,21+,22+,23+,24+,25-,29-/m0/s1. The number of ether oxygens (including phenoxy) is 2. The van der Waals surface area contributed by atoms with Gasteiger partial charge in [0, 0.05) is 31.5 Å². The highest BCUT2D eigenvalue weighted by atomic mass is 16.5. The summed E-state index contributed by atoms with van der Waals surface area (Å²) in [6.07, 6.45) is 8.09. The Morgan fingerprint density at radius 1 is 1.22 bits per heavy atom. The number of carbonyl (C=O) groups excluding carboxylic acids is 3. The molecule has 37 heavy (non-hydrogen) atoms. The van der Waals surface area contributed by atoms with Gasteiger partial charge in [-0.15, -0.1) is 0 Å². The number of amides is 3. The maximum absolute atomic E-state index is 13.9. The third kappa shape index (κ3) is 4.70. The summed E-state index contributed by atoms with van der Waals surface area (Å²) in [5, 5.41) is 6.25. The predicted octanol–water partition coefficient (Wildman–Crippen LogP) is 3.21. The van der Waals surface area contributed by atoms with Gasteiger partial charge in [0.05, 0.1) is 17.9 Å². The molecule has 0 radical (unpaired) electrons. The van der Waals surface area contributed by atoms with Crippen LogP contribution in [-0.2, 0) is 23.9 Å². The summed E-state index contributed by atoms with van der Waals surface area (Å²) in [7, 11) is 0. The number of hydrogen-bond donors (Lipinski definition) is 2. The van der Waals surface area contributed by atoms with Crippen molar-refractivity contribution >= 4 is 23.4 Å². The van der Waals surface area contributed by atoms with Gasteiger partial charge < -0.3 is 25.0 Å². The van der Waals surface area contributed by atoms with Crippen molar-refractivity contribution in [3.05, 3.63) is 42.0 Å². The van der Waals surface area contributed by atoms with E-state index in [0.29, 0.717) is 37.8 Å². The summed E-state index contributed by atoms with van der Waals surface area (Å²) in [4.78, 5) is 43.0. The molecule has 3 amide bonds. The van der Waals surface area contributed by atoms with Gasteiger partial charge in [0.1, 0.15) is 11.6 Å². The van der Waals surface area contributed by atoms with E-state index in [4.69, 9.17) is 9.47 Å². The first-order valence-electron chi connectivity index (χ1n) is 13.8. The minimum atomic E-state index is -1.13. The largest absolute Gasteiger partial charge is 0.382 e. The molecule has 3 fully saturated rings. The van der Waals surface area contributed by atoms with E-state index >= 15 is 0 Å². The summed E-state index contributed by atoms with van der Waals surface area (Å²) in [5.41, 5.74) is 0.582. The number of anilines is 1. The van der Waals surface area contributed by atoms with Crippen LogP contribution in [0.5, 0.6) is 0 Å².